The van der Waals surface area contributed by atoms with Gasteiger partial charge < -0.3 is 9.73 Å². The molecule has 1 aromatic carbocycles. The van der Waals surface area contributed by atoms with Gasteiger partial charge in [-0.2, -0.15) is 8.78 Å². The number of furan rings is 1. The van der Waals surface area contributed by atoms with E-state index in [-0.39, 0.29) is 23.5 Å². The number of alkyl halides is 2. The molecule has 1 aliphatic heterocycles. The van der Waals surface area contributed by atoms with Crippen LogP contribution in [0.5, 0.6) is 0 Å². The minimum absolute atomic E-state index is 0.0195. The van der Waals surface area contributed by atoms with Crippen LogP contribution in [0.25, 0.3) is 0 Å². The minimum atomic E-state index is -2.47. The zero-order valence-electron chi connectivity index (χ0n) is 14.7. The molecule has 3 rings (SSSR count). The molecule has 146 valence electrons. The molecule has 2 heterocycles. The summed E-state index contributed by atoms with van der Waals surface area (Å²) >= 11 is 6.84. The van der Waals surface area contributed by atoms with E-state index in [9.17, 15) is 13.6 Å². The Labute approximate surface area is 166 Å². The lowest BCUT2D eigenvalue weighted by atomic mass is 10.1. The Hall–Kier alpha value is -1.57. The average Bonchev–Trinajstić information content (AvgIpc) is 3.33. The highest BCUT2D eigenvalue weighted by Gasteiger charge is 2.26. The van der Waals surface area contributed by atoms with Gasteiger partial charge >= 0.3 is 0 Å². The van der Waals surface area contributed by atoms with Crippen molar-refractivity contribution in [1.29, 1.82) is 0 Å². The summed E-state index contributed by atoms with van der Waals surface area (Å²) in [5, 5.41) is 3.57. The van der Waals surface area contributed by atoms with E-state index in [1.165, 1.54) is 6.07 Å². The maximum atomic E-state index is 12.4. The Kier molecular flexibility index (Phi) is 7.15. The molecule has 1 amide bonds. The Balaban J connectivity index is 1.65. The second-order valence-electron chi connectivity index (χ2n) is 6.33. The third kappa shape index (κ3) is 5.46. The zero-order valence-corrected chi connectivity index (χ0v) is 16.2. The summed E-state index contributed by atoms with van der Waals surface area (Å²) in [6, 6.07) is 10.7. The first kappa shape index (κ1) is 20.2. The molecule has 0 aliphatic carbocycles. The normalized spacial score (nSPS) is 16.0. The summed E-state index contributed by atoms with van der Waals surface area (Å²) in [5.74, 6) is -2.32. The third-order valence-electron chi connectivity index (χ3n) is 4.54. The summed E-state index contributed by atoms with van der Waals surface area (Å²) in [4.78, 5) is 14.7. The number of nitrogens with one attached hydrogen (secondary N) is 1. The molecule has 1 aliphatic rings. The van der Waals surface area contributed by atoms with Crippen molar-refractivity contribution < 1.29 is 18.0 Å². The van der Waals surface area contributed by atoms with Crippen molar-refractivity contribution in [3.05, 3.63) is 58.5 Å². The fourth-order valence-electron chi connectivity index (χ4n) is 3.23. The van der Waals surface area contributed by atoms with E-state index in [4.69, 9.17) is 16.0 Å². The number of thioether (sulfide) groups is 1. The van der Waals surface area contributed by atoms with Crippen molar-refractivity contribution in [2.75, 3.05) is 19.6 Å². The number of hydrogen-bond acceptors (Lipinski definition) is 4. The summed E-state index contributed by atoms with van der Waals surface area (Å²) in [6.07, 6.45) is 2.25. The Bertz CT molecular complexity index is 766. The second-order valence-corrected chi connectivity index (χ2v) is 7.71. The van der Waals surface area contributed by atoms with Gasteiger partial charge in [0.15, 0.2) is 5.76 Å². The Morgan fingerprint density at radius 1 is 1.22 bits per heavy atom. The van der Waals surface area contributed by atoms with Gasteiger partial charge in [0.05, 0.1) is 11.8 Å². The van der Waals surface area contributed by atoms with Crippen LogP contribution in [-0.2, 0) is 5.75 Å². The first-order chi connectivity index (χ1) is 13.0. The molecule has 0 radical (unpaired) electrons. The van der Waals surface area contributed by atoms with Crippen LogP contribution in [0.1, 0.15) is 40.8 Å². The van der Waals surface area contributed by atoms with Gasteiger partial charge in [0.1, 0.15) is 5.76 Å². The molecule has 27 heavy (non-hydrogen) atoms. The predicted molar refractivity (Wildman–Crippen MR) is 103 cm³/mol. The molecule has 1 aromatic heterocycles. The molecule has 8 heteroatoms. The first-order valence-corrected chi connectivity index (χ1v) is 10.2. The van der Waals surface area contributed by atoms with Crippen LogP contribution >= 0.6 is 23.4 Å². The molecule has 0 saturated carbocycles. The lowest BCUT2D eigenvalue weighted by molar-refractivity contribution is 0.0909. The first-order valence-electron chi connectivity index (χ1n) is 8.79. The molecule has 2 aromatic rings. The lowest BCUT2D eigenvalue weighted by Gasteiger charge is -2.28. The van der Waals surface area contributed by atoms with Gasteiger partial charge in [0.25, 0.3) is 11.7 Å². The van der Waals surface area contributed by atoms with Crippen LogP contribution in [0.4, 0.5) is 8.78 Å². The number of amides is 1. The molecule has 0 spiro atoms. The lowest BCUT2D eigenvalue weighted by Crippen LogP contribution is -2.36. The van der Waals surface area contributed by atoms with Crippen molar-refractivity contribution in [3.63, 3.8) is 0 Å². The quantitative estimate of drug-likeness (QED) is 0.663. The van der Waals surface area contributed by atoms with Crippen LogP contribution in [0.15, 0.2) is 40.8 Å². The van der Waals surface area contributed by atoms with E-state index < -0.39 is 5.76 Å². The molecular weight excluding hydrogens is 394 g/mol. The molecule has 1 fully saturated rings. The van der Waals surface area contributed by atoms with Gasteiger partial charge in [-0.15, -0.1) is 0 Å². The summed E-state index contributed by atoms with van der Waals surface area (Å²) in [5.41, 5.74) is 0.981. The van der Waals surface area contributed by atoms with Crippen molar-refractivity contribution in [2.45, 2.75) is 30.4 Å². The SMILES string of the molecule is O=C(NCC(c1ccccc1Cl)N1CCCC1)c1ccc(CSC(F)F)o1. The van der Waals surface area contributed by atoms with E-state index in [1.807, 2.05) is 24.3 Å². The van der Waals surface area contributed by atoms with Gasteiger partial charge in [-0.3, -0.25) is 9.69 Å². The highest BCUT2D eigenvalue weighted by Crippen LogP contribution is 2.30. The van der Waals surface area contributed by atoms with E-state index in [0.29, 0.717) is 29.1 Å². The summed E-state index contributed by atoms with van der Waals surface area (Å²) in [7, 11) is 0. The maximum absolute atomic E-state index is 12.4. The monoisotopic (exact) mass is 414 g/mol. The van der Waals surface area contributed by atoms with Crippen molar-refractivity contribution in [1.82, 2.24) is 10.2 Å². The predicted octanol–water partition coefficient (Wildman–Crippen LogP) is 4.96. The topological polar surface area (TPSA) is 45.5 Å². The number of rotatable bonds is 8. The van der Waals surface area contributed by atoms with E-state index in [0.717, 1.165) is 31.5 Å². The van der Waals surface area contributed by atoms with Crippen LogP contribution in [-0.4, -0.2) is 36.2 Å². The number of nitrogens with zero attached hydrogens (tertiary/aromatic N) is 1. The number of carbonyl (C=O) groups is 1. The summed E-state index contributed by atoms with van der Waals surface area (Å²) in [6.45, 7) is 2.31. The second kappa shape index (κ2) is 9.57. The van der Waals surface area contributed by atoms with Gasteiger partial charge in [-0.05, 0) is 49.7 Å². The van der Waals surface area contributed by atoms with Gasteiger partial charge in [-0.25, -0.2) is 0 Å². The van der Waals surface area contributed by atoms with Crippen LogP contribution in [0, 0.1) is 0 Å². The third-order valence-corrected chi connectivity index (χ3v) is 5.59. The minimum Gasteiger partial charge on any atom is -0.455 e. The Morgan fingerprint density at radius 2 is 1.96 bits per heavy atom. The smallest absolute Gasteiger partial charge is 0.287 e. The standard InChI is InChI=1S/C19H21ClF2N2O2S/c20-15-6-2-1-5-14(15)16(24-9-3-4-10-24)11-23-18(25)17-8-7-13(26-17)12-27-19(21)22/h1-2,5-8,16,19H,3-4,9-12H2,(H,23,25). The molecule has 0 bridgehead atoms. The van der Waals surface area contributed by atoms with Crippen molar-refractivity contribution in [2.24, 2.45) is 0 Å². The molecule has 1 atom stereocenters. The van der Waals surface area contributed by atoms with E-state index >= 15 is 0 Å². The van der Waals surface area contributed by atoms with E-state index in [1.54, 1.807) is 6.07 Å². The number of likely N-dealkylation sites (tertiary alicyclic amines) is 1. The number of halogens is 3. The summed E-state index contributed by atoms with van der Waals surface area (Å²) < 4.78 is 29.9. The molecule has 1 saturated heterocycles. The largest absolute Gasteiger partial charge is 0.455 e. The zero-order chi connectivity index (χ0) is 19.2. The number of carbonyl (C=O) groups excluding carboxylic acids is 1. The van der Waals surface area contributed by atoms with Crippen LogP contribution in [0.2, 0.25) is 5.02 Å². The van der Waals surface area contributed by atoms with Crippen LogP contribution in [0.3, 0.4) is 0 Å². The molecule has 4 nitrogen and oxygen atoms in total. The van der Waals surface area contributed by atoms with Crippen molar-refractivity contribution >= 4 is 29.3 Å². The van der Waals surface area contributed by atoms with Gasteiger partial charge in [0, 0.05) is 11.6 Å². The maximum Gasteiger partial charge on any atom is 0.287 e. The average molecular weight is 415 g/mol. The van der Waals surface area contributed by atoms with Gasteiger partial charge in [-0.1, -0.05) is 41.6 Å². The number of benzene rings is 1. The molecular formula is C19H21ClF2N2O2S. The van der Waals surface area contributed by atoms with E-state index in [2.05, 4.69) is 10.2 Å². The van der Waals surface area contributed by atoms with Crippen molar-refractivity contribution in [3.8, 4) is 0 Å². The highest BCUT2D eigenvalue weighted by atomic mass is 35.5. The van der Waals surface area contributed by atoms with Gasteiger partial charge in [0.2, 0.25) is 0 Å². The molecule has 1 N–H and O–H groups in total. The van der Waals surface area contributed by atoms with Crippen LogP contribution < -0.4 is 5.32 Å². The molecule has 1 unspecified atom stereocenters. The highest BCUT2D eigenvalue weighted by molar-refractivity contribution is 7.98. The fourth-order valence-corrected chi connectivity index (χ4v) is 3.94. The Morgan fingerprint density at radius 3 is 2.67 bits per heavy atom. The number of hydrogen-bond donors (Lipinski definition) is 1. The fraction of sp³-hybridized carbons (Fsp3) is 0.421.